The van der Waals surface area contributed by atoms with Crippen LogP contribution in [0.5, 0.6) is 0 Å². The van der Waals surface area contributed by atoms with Crippen molar-refractivity contribution in [2.45, 2.75) is 16.3 Å². The van der Waals surface area contributed by atoms with Gasteiger partial charge in [-0.3, -0.25) is 0 Å². The lowest BCUT2D eigenvalue weighted by Crippen LogP contribution is -1.97. The quantitative estimate of drug-likeness (QED) is 0.824. The molecule has 0 bridgehead atoms. The van der Waals surface area contributed by atoms with Crippen molar-refractivity contribution in [2.75, 3.05) is 12.4 Å². The Morgan fingerprint density at radius 1 is 1.40 bits per heavy atom. The predicted octanol–water partition coefficient (Wildman–Crippen LogP) is 1.83. The second-order valence-electron chi connectivity index (χ2n) is 2.70. The summed E-state index contributed by atoms with van der Waals surface area (Å²) < 4.78 is 4.82. The Bertz CT molecular complexity index is 442. The van der Waals surface area contributed by atoms with Crippen molar-refractivity contribution in [1.29, 1.82) is 0 Å². The zero-order valence-corrected chi connectivity index (χ0v) is 9.89. The summed E-state index contributed by atoms with van der Waals surface area (Å²) in [5.74, 6) is 1.56. The molecule has 0 aromatic carbocycles. The highest BCUT2D eigenvalue weighted by molar-refractivity contribution is 8.00. The highest BCUT2D eigenvalue weighted by Crippen LogP contribution is 2.27. The van der Waals surface area contributed by atoms with Crippen LogP contribution in [-0.4, -0.2) is 26.4 Å². The molecule has 0 spiro atoms. The Balaban J connectivity index is 2.24. The van der Waals surface area contributed by atoms with E-state index < -0.39 is 0 Å². The second-order valence-corrected chi connectivity index (χ2v) is 4.75. The average molecular weight is 239 g/mol. The molecule has 5 nitrogen and oxygen atoms in total. The molecule has 0 aliphatic carbocycles. The van der Waals surface area contributed by atoms with Crippen molar-refractivity contribution >= 4 is 29.1 Å². The Kier molecular flexibility index (Phi) is 3.12. The number of aryl methyl sites for hydroxylation is 1. The summed E-state index contributed by atoms with van der Waals surface area (Å²) in [5, 5.41) is 3.87. The van der Waals surface area contributed by atoms with Gasteiger partial charge < -0.3 is 5.32 Å². The van der Waals surface area contributed by atoms with Gasteiger partial charge in [0, 0.05) is 13.1 Å². The second kappa shape index (κ2) is 4.54. The number of hydrogen-bond donors (Lipinski definition) is 1. The van der Waals surface area contributed by atoms with Gasteiger partial charge in [-0.05, 0) is 30.2 Å². The standard InChI is InChI=1S/C8H9N5S2/c1-5-12-6(9-2)3-7(13-5)14-8-10-4-11-15-8/h3-4H,1-2H3,(H,9,12,13). The van der Waals surface area contributed by atoms with Crippen LogP contribution in [0.1, 0.15) is 5.82 Å². The Morgan fingerprint density at radius 3 is 2.93 bits per heavy atom. The fraction of sp³-hybridized carbons (Fsp3) is 0.250. The molecule has 2 rings (SSSR count). The molecule has 78 valence electrons. The van der Waals surface area contributed by atoms with Gasteiger partial charge in [-0.1, -0.05) is 0 Å². The lowest BCUT2D eigenvalue weighted by molar-refractivity contribution is 0.968. The van der Waals surface area contributed by atoms with Crippen LogP contribution in [0.25, 0.3) is 0 Å². The molecule has 2 aromatic heterocycles. The first-order chi connectivity index (χ1) is 7.28. The monoisotopic (exact) mass is 239 g/mol. The Hall–Kier alpha value is -1.21. The molecule has 0 aliphatic rings. The summed E-state index contributed by atoms with van der Waals surface area (Å²) >= 11 is 2.85. The molecule has 7 heteroatoms. The Labute approximate surface area is 95.6 Å². The van der Waals surface area contributed by atoms with Crippen LogP contribution < -0.4 is 5.32 Å². The molecule has 2 aromatic rings. The van der Waals surface area contributed by atoms with Gasteiger partial charge in [0.05, 0.1) is 0 Å². The Morgan fingerprint density at radius 2 is 2.27 bits per heavy atom. The summed E-state index contributed by atoms with van der Waals surface area (Å²) in [7, 11) is 1.83. The van der Waals surface area contributed by atoms with E-state index in [4.69, 9.17) is 0 Å². The largest absolute Gasteiger partial charge is 0.373 e. The maximum absolute atomic E-state index is 4.31. The summed E-state index contributed by atoms with van der Waals surface area (Å²) in [6, 6.07) is 1.89. The number of rotatable bonds is 3. The highest BCUT2D eigenvalue weighted by atomic mass is 32.2. The van der Waals surface area contributed by atoms with E-state index in [1.807, 2.05) is 20.0 Å². The average Bonchev–Trinajstić information content (AvgIpc) is 2.69. The zero-order chi connectivity index (χ0) is 10.7. The van der Waals surface area contributed by atoms with Crippen LogP contribution >= 0.6 is 23.3 Å². The minimum Gasteiger partial charge on any atom is -0.373 e. The van der Waals surface area contributed by atoms with Gasteiger partial charge in [0.1, 0.15) is 23.0 Å². The first kappa shape index (κ1) is 10.3. The van der Waals surface area contributed by atoms with Crippen molar-refractivity contribution in [3.8, 4) is 0 Å². The number of nitrogens with zero attached hydrogens (tertiary/aromatic N) is 4. The molecular formula is C8H9N5S2. The van der Waals surface area contributed by atoms with Gasteiger partial charge in [0.2, 0.25) is 0 Å². The molecule has 0 radical (unpaired) electrons. The topological polar surface area (TPSA) is 63.6 Å². The molecule has 0 saturated carbocycles. The van der Waals surface area contributed by atoms with E-state index in [-0.39, 0.29) is 0 Å². The molecule has 0 atom stereocenters. The van der Waals surface area contributed by atoms with E-state index in [1.165, 1.54) is 23.3 Å². The first-order valence-electron chi connectivity index (χ1n) is 4.26. The van der Waals surface area contributed by atoms with Crippen LogP contribution in [0.2, 0.25) is 0 Å². The van der Waals surface area contributed by atoms with Crippen LogP contribution in [0.15, 0.2) is 21.8 Å². The fourth-order valence-corrected chi connectivity index (χ4v) is 2.46. The molecule has 1 N–H and O–H groups in total. The minimum absolute atomic E-state index is 0.744. The van der Waals surface area contributed by atoms with Gasteiger partial charge >= 0.3 is 0 Å². The van der Waals surface area contributed by atoms with Gasteiger partial charge in [-0.25, -0.2) is 15.0 Å². The summed E-state index contributed by atoms with van der Waals surface area (Å²) in [4.78, 5) is 12.6. The number of nitrogens with one attached hydrogen (secondary N) is 1. The maximum Gasteiger partial charge on any atom is 0.175 e. The molecule has 0 amide bonds. The van der Waals surface area contributed by atoms with E-state index in [0.717, 1.165) is 21.0 Å². The maximum atomic E-state index is 4.31. The third-order valence-corrected chi connectivity index (χ3v) is 3.24. The third-order valence-electron chi connectivity index (χ3n) is 1.60. The van der Waals surface area contributed by atoms with Crippen molar-refractivity contribution in [1.82, 2.24) is 19.3 Å². The minimum atomic E-state index is 0.744. The summed E-state index contributed by atoms with van der Waals surface area (Å²) in [5.41, 5.74) is 0. The van der Waals surface area contributed by atoms with Crippen LogP contribution in [-0.2, 0) is 0 Å². The summed E-state index contributed by atoms with van der Waals surface area (Å²) in [6.07, 6.45) is 1.54. The normalized spacial score (nSPS) is 10.3. The number of anilines is 1. The van der Waals surface area contributed by atoms with E-state index in [1.54, 1.807) is 6.33 Å². The van der Waals surface area contributed by atoms with E-state index in [0.29, 0.717) is 0 Å². The van der Waals surface area contributed by atoms with Crippen molar-refractivity contribution in [3.05, 3.63) is 18.2 Å². The van der Waals surface area contributed by atoms with Gasteiger partial charge in [-0.15, -0.1) is 0 Å². The first-order valence-corrected chi connectivity index (χ1v) is 5.85. The molecule has 2 heterocycles. The van der Waals surface area contributed by atoms with Gasteiger partial charge in [0.15, 0.2) is 4.34 Å². The van der Waals surface area contributed by atoms with Crippen LogP contribution in [0.4, 0.5) is 5.82 Å². The molecule has 0 aliphatic heterocycles. The van der Waals surface area contributed by atoms with Crippen LogP contribution in [0, 0.1) is 6.92 Å². The molecule has 15 heavy (non-hydrogen) atoms. The third kappa shape index (κ3) is 2.63. The van der Waals surface area contributed by atoms with Gasteiger partial charge in [-0.2, -0.15) is 4.37 Å². The SMILES string of the molecule is CNc1cc(Sc2ncns2)nc(C)n1. The zero-order valence-electron chi connectivity index (χ0n) is 8.26. The molecular weight excluding hydrogens is 230 g/mol. The number of hydrogen-bond acceptors (Lipinski definition) is 7. The van der Waals surface area contributed by atoms with Gasteiger partial charge in [0.25, 0.3) is 0 Å². The highest BCUT2D eigenvalue weighted by Gasteiger charge is 2.05. The van der Waals surface area contributed by atoms with E-state index in [9.17, 15) is 0 Å². The smallest absolute Gasteiger partial charge is 0.175 e. The predicted molar refractivity (Wildman–Crippen MR) is 60.3 cm³/mol. The van der Waals surface area contributed by atoms with Crippen molar-refractivity contribution in [2.24, 2.45) is 0 Å². The fourth-order valence-electron chi connectivity index (χ4n) is 1.02. The van der Waals surface area contributed by atoms with E-state index >= 15 is 0 Å². The molecule has 0 unspecified atom stereocenters. The van der Waals surface area contributed by atoms with E-state index in [2.05, 4.69) is 24.6 Å². The van der Waals surface area contributed by atoms with Crippen molar-refractivity contribution < 1.29 is 0 Å². The van der Waals surface area contributed by atoms with Crippen molar-refractivity contribution in [3.63, 3.8) is 0 Å². The van der Waals surface area contributed by atoms with Crippen LogP contribution in [0.3, 0.4) is 0 Å². The number of aromatic nitrogens is 4. The lowest BCUT2D eigenvalue weighted by atomic mass is 10.5. The lowest BCUT2D eigenvalue weighted by Gasteiger charge is -2.02. The summed E-state index contributed by atoms with van der Waals surface area (Å²) in [6.45, 7) is 1.87. The molecule has 0 fully saturated rings. The molecule has 0 saturated heterocycles.